The van der Waals surface area contributed by atoms with Crippen LogP contribution in [0.5, 0.6) is 5.75 Å². The minimum Gasteiger partial charge on any atom is -0.497 e. The predicted molar refractivity (Wildman–Crippen MR) is 147 cm³/mol. The first kappa shape index (κ1) is 26.8. The number of carbonyl (C=O) groups is 2. The molecule has 0 unspecified atom stereocenters. The third-order valence-corrected chi connectivity index (χ3v) is 6.75. The van der Waals surface area contributed by atoms with E-state index in [2.05, 4.69) is 10.6 Å². The number of benzene rings is 2. The summed E-state index contributed by atoms with van der Waals surface area (Å²) in [7, 11) is 1.66. The summed E-state index contributed by atoms with van der Waals surface area (Å²) in [5.74, 6) is 0.644. The summed E-state index contributed by atoms with van der Waals surface area (Å²) in [4.78, 5) is 30.4. The number of hydrogen-bond acceptors (Lipinski definition) is 4. The molecular weight excluding hydrogens is 478 g/mol. The van der Waals surface area contributed by atoms with Crippen molar-refractivity contribution >= 4 is 11.8 Å². The molecule has 7 heteroatoms. The maximum Gasteiger partial charge on any atom is 0.290 e. The molecule has 1 atom stereocenters. The Balaban J connectivity index is 1.57. The van der Waals surface area contributed by atoms with Crippen molar-refractivity contribution in [3.05, 3.63) is 114 Å². The van der Waals surface area contributed by atoms with Crippen molar-refractivity contribution in [1.82, 2.24) is 14.4 Å². The summed E-state index contributed by atoms with van der Waals surface area (Å²) in [6.45, 7) is 5.43. The molecule has 2 aromatic heterocycles. The number of hydrogen-bond donors (Lipinski definition) is 0. The maximum atomic E-state index is 13.8. The first-order valence-electron chi connectivity index (χ1n) is 12.9. The SMILES string of the molecule is CC[C@H](C)N(CC(=O)N(Cc1ccccc1)Cc1cccn1Cc1cccc(OC)c1)C(=O)c1ccco1. The first-order chi connectivity index (χ1) is 18.5. The zero-order chi connectivity index (χ0) is 26.9. The minimum atomic E-state index is -0.279. The van der Waals surface area contributed by atoms with E-state index in [-0.39, 0.29) is 30.2 Å². The van der Waals surface area contributed by atoms with E-state index in [4.69, 9.17) is 9.15 Å². The average Bonchev–Trinajstić information content (AvgIpc) is 3.64. The van der Waals surface area contributed by atoms with Crippen LogP contribution in [0.2, 0.25) is 0 Å². The Kier molecular flexibility index (Phi) is 9.03. The van der Waals surface area contributed by atoms with Gasteiger partial charge < -0.3 is 23.5 Å². The number of amides is 2. The fraction of sp³-hybridized carbons (Fsp3) is 0.290. The van der Waals surface area contributed by atoms with Gasteiger partial charge in [-0.3, -0.25) is 9.59 Å². The van der Waals surface area contributed by atoms with Crippen LogP contribution in [0, 0.1) is 0 Å². The van der Waals surface area contributed by atoms with Gasteiger partial charge in [-0.05, 0) is 60.9 Å². The molecule has 4 aromatic rings. The van der Waals surface area contributed by atoms with Crippen molar-refractivity contribution in [2.45, 2.75) is 45.9 Å². The van der Waals surface area contributed by atoms with E-state index in [1.54, 1.807) is 24.1 Å². The molecule has 4 rings (SSSR count). The Labute approximate surface area is 224 Å². The summed E-state index contributed by atoms with van der Waals surface area (Å²) in [5.41, 5.74) is 3.14. The minimum absolute atomic E-state index is 0.0298. The van der Waals surface area contributed by atoms with E-state index < -0.39 is 0 Å². The van der Waals surface area contributed by atoms with Crippen LogP contribution in [0.1, 0.15) is 47.6 Å². The third kappa shape index (κ3) is 6.73. The smallest absolute Gasteiger partial charge is 0.290 e. The molecule has 0 fully saturated rings. The molecule has 0 bridgehead atoms. The molecule has 0 aliphatic heterocycles. The first-order valence-corrected chi connectivity index (χ1v) is 12.9. The normalized spacial score (nSPS) is 11.7. The van der Waals surface area contributed by atoms with Crippen LogP contribution in [0.3, 0.4) is 0 Å². The summed E-state index contributed by atoms with van der Waals surface area (Å²) < 4.78 is 12.9. The van der Waals surface area contributed by atoms with Crippen LogP contribution in [0.4, 0.5) is 0 Å². The lowest BCUT2D eigenvalue weighted by Gasteiger charge is -2.31. The predicted octanol–water partition coefficient (Wildman–Crippen LogP) is 5.61. The highest BCUT2D eigenvalue weighted by molar-refractivity contribution is 5.94. The van der Waals surface area contributed by atoms with Gasteiger partial charge in [0.2, 0.25) is 5.91 Å². The van der Waals surface area contributed by atoms with E-state index in [9.17, 15) is 9.59 Å². The molecule has 0 spiro atoms. The molecule has 0 saturated heterocycles. The summed E-state index contributed by atoms with van der Waals surface area (Å²) in [6, 6.07) is 25.1. The monoisotopic (exact) mass is 513 g/mol. The molecule has 0 aliphatic carbocycles. The van der Waals surface area contributed by atoms with Gasteiger partial charge in [0.05, 0.1) is 19.9 Å². The Morgan fingerprint density at radius 3 is 2.45 bits per heavy atom. The topological polar surface area (TPSA) is 67.9 Å². The average molecular weight is 514 g/mol. The second kappa shape index (κ2) is 12.8. The van der Waals surface area contributed by atoms with Gasteiger partial charge in [-0.2, -0.15) is 0 Å². The molecule has 2 amide bonds. The summed E-state index contributed by atoms with van der Waals surface area (Å²) in [6.07, 6.45) is 4.22. The number of furan rings is 1. The van der Waals surface area contributed by atoms with Crippen LogP contribution >= 0.6 is 0 Å². The van der Waals surface area contributed by atoms with Crippen LogP contribution in [-0.4, -0.2) is 45.9 Å². The Hall–Kier alpha value is -4.26. The van der Waals surface area contributed by atoms with Crippen LogP contribution in [0.25, 0.3) is 0 Å². The fourth-order valence-electron chi connectivity index (χ4n) is 4.38. The van der Waals surface area contributed by atoms with Crippen LogP contribution < -0.4 is 4.74 Å². The lowest BCUT2D eigenvalue weighted by Crippen LogP contribution is -2.46. The van der Waals surface area contributed by atoms with Gasteiger partial charge in [-0.25, -0.2) is 0 Å². The van der Waals surface area contributed by atoms with Gasteiger partial charge in [-0.15, -0.1) is 0 Å². The summed E-state index contributed by atoms with van der Waals surface area (Å²) >= 11 is 0. The van der Waals surface area contributed by atoms with Gasteiger partial charge in [-0.1, -0.05) is 49.4 Å². The highest BCUT2D eigenvalue weighted by Crippen LogP contribution is 2.18. The van der Waals surface area contributed by atoms with Crippen molar-refractivity contribution in [1.29, 1.82) is 0 Å². The Bertz CT molecular complexity index is 1310. The quantitative estimate of drug-likeness (QED) is 0.247. The van der Waals surface area contributed by atoms with E-state index >= 15 is 0 Å². The van der Waals surface area contributed by atoms with Crippen molar-refractivity contribution in [3.63, 3.8) is 0 Å². The second-order valence-electron chi connectivity index (χ2n) is 9.38. The molecule has 2 heterocycles. The molecule has 0 aliphatic rings. The fourth-order valence-corrected chi connectivity index (χ4v) is 4.38. The molecular formula is C31H35N3O4. The highest BCUT2D eigenvalue weighted by atomic mass is 16.5. The largest absolute Gasteiger partial charge is 0.497 e. The third-order valence-electron chi connectivity index (χ3n) is 6.75. The molecule has 0 radical (unpaired) electrons. The molecule has 198 valence electrons. The zero-order valence-corrected chi connectivity index (χ0v) is 22.2. The van der Waals surface area contributed by atoms with Gasteiger partial charge in [0, 0.05) is 31.0 Å². The lowest BCUT2D eigenvalue weighted by atomic mass is 10.1. The number of carbonyl (C=O) groups excluding carboxylic acids is 2. The van der Waals surface area contributed by atoms with E-state index in [1.165, 1.54) is 6.26 Å². The van der Waals surface area contributed by atoms with Crippen molar-refractivity contribution < 1.29 is 18.7 Å². The van der Waals surface area contributed by atoms with E-state index in [1.807, 2.05) is 85.6 Å². The number of rotatable bonds is 12. The van der Waals surface area contributed by atoms with Crippen molar-refractivity contribution in [2.24, 2.45) is 0 Å². The molecule has 0 N–H and O–H groups in total. The van der Waals surface area contributed by atoms with Crippen LogP contribution in [-0.2, 0) is 24.4 Å². The summed E-state index contributed by atoms with van der Waals surface area (Å²) in [5, 5.41) is 0. The number of methoxy groups -OCH3 is 1. The van der Waals surface area contributed by atoms with Gasteiger partial charge in [0.25, 0.3) is 5.91 Å². The van der Waals surface area contributed by atoms with Crippen molar-refractivity contribution in [3.8, 4) is 5.75 Å². The Morgan fingerprint density at radius 1 is 0.947 bits per heavy atom. The Morgan fingerprint density at radius 2 is 1.74 bits per heavy atom. The molecule has 38 heavy (non-hydrogen) atoms. The zero-order valence-electron chi connectivity index (χ0n) is 22.2. The standard InChI is InChI=1S/C31H35N3O4/c1-4-24(2)34(31(36)29-16-10-18-38-29)23-30(35)33(20-25-11-6-5-7-12-25)22-27-14-9-17-32(27)21-26-13-8-15-28(19-26)37-3/h5-19,24H,4,20-23H2,1-3H3/t24-/m0/s1. The molecule has 0 saturated carbocycles. The number of ether oxygens (including phenoxy) is 1. The van der Waals surface area contributed by atoms with E-state index in [0.717, 1.165) is 29.0 Å². The second-order valence-corrected chi connectivity index (χ2v) is 9.38. The van der Waals surface area contributed by atoms with Gasteiger partial charge in [0.1, 0.15) is 12.3 Å². The van der Waals surface area contributed by atoms with Crippen molar-refractivity contribution in [2.75, 3.05) is 13.7 Å². The van der Waals surface area contributed by atoms with Crippen LogP contribution in [0.15, 0.2) is 95.7 Å². The highest BCUT2D eigenvalue weighted by Gasteiger charge is 2.27. The lowest BCUT2D eigenvalue weighted by molar-refractivity contribution is -0.133. The molecule has 7 nitrogen and oxygen atoms in total. The number of aromatic nitrogens is 1. The number of nitrogens with zero attached hydrogens (tertiary/aromatic N) is 3. The maximum absolute atomic E-state index is 13.8. The molecule has 2 aromatic carbocycles. The van der Waals surface area contributed by atoms with Gasteiger partial charge in [0.15, 0.2) is 5.76 Å². The van der Waals surface area contributed by atoms with Gasteiger partial charge >= 0.3 is 0 Å². The van der Waals surface area contributed by atoms with E-state index in [0.29, 0.717) is 19.6 Å².